The second-order valence-corrected chi connectivity index (χ2v) is 3.92. The third kappa shape index (κ3) is 1.23. The third-order valence-corrected chi connectivity index (χ3v) is 2.72. The number of anilines is 1. The Balaban J connectivity index is 2.32. The predicted molar refractivity (Wildman–Crippen MR) is 55.2 cm³/mol. The van der Waals surface area contributed by atoms with Gasteiger partial charge in [0.1, 0.15) is 0 Å². The molecule has 3 N–H and O–H groups in total. The van der Waals surface area contributed by atoms with E-state index >= 15 is 0 Å². The van der Waals surface area contributed by atoms with Crippen LogP contribution >= 0.6 is 0 Å². The summed E-state index contributed by atoms with van der Waals surface area (Å²) in [6.07, 6.45) is 2.09. The van der Waals surface area contributed by atoms with E-state index in [4.69, 9.17) is 15.4 Å². The van der Waals surface area contributed by atoms with E-state index in [2.05, 4.69) is 10.1 Å². The van der Waals surface area contributed by atoms with Crippen LogP contribution in [0.3, 0.4) is 0 Å². The average molecular weight is 219 g/mol. The lowest BCUT2D eigenvalue weighted by molar-refractivity contribution is 0.0699. The fourth-order valence-corrected chi connectivity index (χ4v) is 1.75. The molecule has 0 aliphatic heterocycles. The van der Waals surface area contributed by atoms with Crippen LogP contribution < -0.4 is 5.73 Å². The van der Waals surface area contributed by atoms with E-state index in [1.54, 1.807) is 6.07 Å². The number of carboxylic acids is 1. The molecule has 1 aliphatic rings. The van der Waals surface area contributed by atoms with Crippen molar-refractivity contribution in [1.29, 1.82) is 0 Å². The summed E-state index contributed by atoms with van der Waals surface area (Å²) >= 11 is 0. The minimum Gasteiger partial charge on any atom is -0.478 e. The van der Waals surface area contributed by atoms with Crippen LogP contribution in [0.2, 0.25) is 0 Å². The highest BCUT2D eigenvalue weighted by atomic mass is 16.5. The topological polar surface area (TPSA) is 102 Å². The number of carboxylic acid groups (broad SMARTS) is 1. The van der Waals surface area contributed by atoms with Crippen LogP contribution in [0.4, 0.5) is 5.82 Å². The zero-order valence-corrected chi connectivity index (χ0v) is 8.30. The fourth-order valence-electron chi connectivity index (χ4n) is 1.75. The molecule has 0 amide bonds. The van der Waals surface area contributed by atoms with Gasteiger partial charge in [-0.2, -0.15) is 0 Å². The maximum atomic E-state index is 11.1. The average Bonchev–Trinajstić information content (AvgIpc) is 3.03. The monoisotopic (exact) mass is 219 g/mol. The number of rotatable bonds is 2. The first-order valence-corrected chi connectivity index (χ1v) is 4.96. The summed E-state index contributed by atoms with van der Waals surface area (Å²) in [5.41, 5.74) is 6.62. The Morgan fingerprint density at radius 3 is 2.94 bits per heavy atom. The third-order valence-electron chi connectivity index (χ3n) is 2.72. The summed E-state index contributed by atoms with van der Waals surface area (Å²) in [7, 11) is 0. The van der Waals surface area contributed by atoms with Crippen LogP contribution in [0.5, 0.6) is 0 Å². The van der Waals surface area contributed by atoms with Gasteiger partial charge in [-0.3, -0.25) is 0 Å². The Bertz CT molecular complexity index is 586. The molecule has 1 saturated carbocycles. The van der Waals surface area contributed by atoms with E-state index in [1.807, 2.05) is 0 Å². The molecule has 1 fully saturated rings. The van der Waals surface area contributed by atoms with Crippen molar-refractivity contribution in [1.82, 2.24) is 10.1 Å². The van der Waals surface area contributed by atoms with Gasteiger partial charge in [0, 0.05) is 11.6 Å². The zero-order valence-electron chi connectivity index (χ0n) is 8.30. The van der Waals surface area contributed by atoms with Gasteiger partial charge in [0.05, 0.1) is 10.9 Å². The Morgan fingerprint density at radius 1 is 1.56 bits per heavy atom. The minimum absolute atomic E-state index is 0.0715. The lowest BCUT2D eigenvalue weighted by atomic mass is 10.1. The lowest BCUT2D eigenvalue weighted by Crippen LogP contribution is -2.01. The van der Waals surface area contributed by atoms with Crippen LogP contribution in [0.1, 0.15) is 34.8 Å². The van der Waals surface area contributed by atoms with Crippen LogP contribution in [-0.4, -0.2) is 21.2 Å². The standard InChI is InChI=1S/C10H9N3O3/c11-8-7-5(10(14)15)3-6(4-1-2-4)12-9(7)16-13-8/h3-4H,1-2H2,(H2,11,13)(H,14,15). The maximum Gasteiger partial charge on any atom is 0.336 e. The summed E-state index contributed by atoms with van der Waals surface area (Å²) in [5, 5.41) is 12.9. The van der Waals surface area contributed by atoms with E-state index in [0.29, 0.717) is 5.92 Å². The molecule has 2 aromatic heterocycles. The lowest BCUT2D eigenvalue weighted by Gasteiger charge is -2.00. The first-order chi connectivity index (χ1) is 7.66. The first kappa shape index (κ1) is 9.14. The second kappa shape index (κ2) is 2.94. The van der Waals surface area contributed by atoms with E-state index in [0.717, 1.165) is 18.5 Å². The van der Waals surface area contributed by atoms with Gasteiger partial charge in [0.2, 0.25) is 0 Å². The van der Waals surface area contributed by atoms with Crippen LogP contribution in [0.25, 0.3) is 11.1 Å². The van der Waals surface area contributed by atoms with Gasteiger partial charge in [-0.25, -0.2) is 9.78 Å². The number of pyridine rings is 1. The molecular formula is C10H9N3O3. The fraction of sp³-hybridized carbons (Fsp3) is 0.300. The number of nitrogen functional groups attached to an aromatic ring is 1. The molecule has 82 valence electrons. The number of hydrogen-bond acceptors (Lipinski definition) is 5. The smallest absolute Gasteiger partial charge is 0.336 e. The highest BCUT2D eigenvalue weighted by Crippen LogP contribution is 2.40. The van der Waals surface area contributed by atoms with Crippen LogP contribution in [-0.2, 0) is 0 Å². The number of carbonyl (C=O) groups is 1. The van der Waals surface area contributed by atoms with Gasteiger partial charge in [0.25, 0.3) is 5.71 Å². The van der Waals surface area contributed by atoms with Crippen LogP contribution in [0, 0.1) is 0 Å². The predicted octanol–water partition coefficient (Wildman–Crippen LogP) is 1.38. The number of nitrogens with zero attached hydrogens (tertiary/aromatic N) is 2. The molecule has 0 aromatic carbocycles. The quantitative estimate of drug-likeness (QED) is 0.790. The molecule has 1 aliphatic carbocycles. The van der Waals surface area contributed by atoms with Crippen molar-refractivity contribution in [3.05, 3.63) is 17.3 Å². The minimum atomic E-state index is -1.04. The summed E-state index contributed by atoms with van der Waals surface area (Å²) in [4.78, 5) is 15.3. The molecule has 0 saturated heterocycles. The largest absolute Gasteiger partial charge is 0.478 e. The summed E-state index contributed by atoms with van der Waals surface area (Å²) in [5.74, 6) is -0.611. The Hall–Kier alpha value is -2.11. The molecular weight excluding hydrogens is 210 g/mol. The molecule has 6 heteroatoms. The van der Waals surface area contributed by atoms with Crippen LogP contribution in [0.15, 0.2) is 10.6 Å². The summed E-state index contributed by atoms with van der Waals surface area (Å²) < 4.78 is 4.91. The molecule has 0 bridgehead atoms. The molecule has 0 spiro atoms. The molecule has 0 radical (unpaired) electrons. The molecule has 2 aromatic rings. The van der Waals surface area contributed by atoms with Gasteiger partial charge in [-0.05, 0) is 18.9 Å². The van der Waals surface area contributed by atoms with E-state index in [-0.39, 0.29) is 22.5 Å². The number of nitrogens with two attached hydrogens (primary N) is 1. The summed E-state index contributed by atoms with van der Waals surface area (Å²) in [6, 6.07) is 1.57. The van der Waals surface area contributed by atoms with Crippen molar-refractivity contribution in [3.63, 3.8) is 0 Å². The molecule has 0 unspecified atom stereocenters. The molecule has 6 nitrogen and oxygen atoms in total. The Kier molecular flexibility index (Phi) is 1.68. The highest BCUT2D eigenvalue weighted by molar-refractivity contribution is 6.05. The normalized spacial score (nSPS) is 15.5. The van der Waals surface area contributed by atoms with E-state index < -0.39 is 5.97 Å². The summed E-state index contributed by atoms with van der Waals surface area (Å²) in [6.45, 7) is 0. The van der Waals surface area contributed by atoms with Crippen molar-refractivity contribution >= 4 is 22.9 Å². The van der Waals surface area contributed by atoms with Crippen molar-refractivity contribution in [3.8, 4) is 0 Å². The van der Waals surface area contributed by atoms with Gasteiger partial charge in [-0.1, -0.05) is 5.16 Å². The number of aromatic carboxylic acids is 1. The molecule has 0 atom stereocenters. The van der Waals surface area contributed by atoms with Crippen molar-refractivity contribution in [2.45, 2.75) is 18.8 Å². The Labute approximate surface area is 90.0 Å². The molecule has 3 rings (SSSR count). The Morgan fingerprint density at radius 2 is 2.31 bits per heavy atom. The van der Waals surface area contributed by atoms with Gasteiger partial charge < -0.3 is 15.4 Å². The first-order valence-electron chi connectivity index (χ1n) is 4.96. The van der Waals surface area contributed by atoms with E-state index in [9.17, 15) is 4.79 Å². The maximum absolute atomic E-state index is 11.1. The number of hydrogen-bond donors (Lipinski definition) is 2. The van der Waals surface area contributed by atoms with Crippen molar-refractivity contribution in [2.75, 3.05) is 5.73 Å². The second-order valence-electron chi connectivity index (χ2n) is 3.92. The molecule has 2 heterocycles. The van der Waals surface area contributed by atoms with Gasteiger partial charge in [-0.15, -0.1) is 0 Å². The molecule has 16 heavy (non-hydrogen) atoms. The van der Waals surface area contributed by atoms with Gasteiger partial charge >= 0.3 is 5.97 Å². The van der Waals surface area contributed by atoms with Crippen molar-refractivity contribution in [2.24, 2.45) is 0 Å². The van der Waals surface area contributed by atoms with E-state index in [1.165, 1.54) is 0 Å². The number of aromatic nitrogens is 2. The highest BCUT2D eigenvalue weighted by Gasteiger charge is 2.28. The van der Waals surface area contributed by atoms with Gasteiger partial charge in [0.15, 0.2) is 5.82 Å². The number of fused-ring (bicyclic) bond motifs is 1. The van der Waals surface area contributed by atoms with Crippen molar-refractivity contribution < 1.29 is 14.4 Å². The zero-order chi connectivity index (χ0) is 11.3. The SMILES string of the molecule is Nc1noc2nc(C3CC3)cc(C(=O)O)c12.